The quantitative estimate of drug-likeness (QED) is 0.529. The van der Waals surface area contributed by atoms with E-state index < -0.39 is 6.04 Å². The lowest BCUT2D eigenvalue weighted by Gasteiger charge is -2.23. The molecule has 1 amide bonds. The first-order chi connectivity index (χ1) is 13.9. The third kappa shape index (κ3) is 5.60. The molecule has 1 fully saturated rings. The molecule has 0 aliphatic carbocycles. The van der Waals surface area contributed by atoms with E-state index in [1.807, 2.05) is 42.6 Å². The molecule has 1 aromatic heterocycles. The minimum atomic E-state index is -0.520. The van der Waals surface area contributed by atoms with Gasteiger partial charge in [0.05, 0.1) is 12.5 Å². The maximum atomic E-state index is 12.9. The second-order valence-electron chi connectivity index (χ2n) is 8.25. The molecule has 154 valence electrons. The predicted molar refractivity (Wildman–Crippen MR) is 116 cm³/mol. The minimum absolute atomic E-state index is 0.0349. The highest BCUT2D eigenvalue weighted by atomic mass is 32.2. The number of aryl methyl sites for hydroxylation is 1. The highest BCUT2D eigenvalue weighted by molar-refractivity contribution is 7.99. The summed E-state index contributed by atoms with van der Waals surface area (Å²) in [6.45, 7) is 6.76. The second-order valence-corrected chi connectivity index (χ2v) is 9.25. The molecule has 1 aliphatic rings. The average molecular weight is 413 g/mol. The van der Waals surface area contributed by atoms with E-state index >= 15 is 0 Å². The zero-order chi connectivity index (χ0) is 20.9. The summed E-state index contributed by atoms with van der Waals surface area (Å²) in [5, 5.41) is 0. The van der Waals surface area contributed by atoms with Crippen LogP contribution in [0.15, 0.2) is 48.8 Å². The predicted octanol–water partition coefficient (Wildman–Crippen LogP) is 4.07. The number of ether oxygens (including phenoxy) is 1. The summed E-state index contributed by atoms with van der Waals surface area (Å²) in [6, 6.07) is 11.1. The van der Waals surface area contributed by atoms with Gasteiger partial charge in [0.2, 0.25) is 0 Å². The minimum Gasteiger partial charge on any atom is -0.464 e. The number of esters is 1. The molecule has 1 unspecified atom stereocenters. The number of carbonyl (C=O) groups excluding carboxylic acids is 2. The summed E-state index contributed by atoms with van der Waals surface area (Å²) >= 11 is 1.58. The number of nitrogens with zero attached hydrogens (tertiary/aromatic N) is 2. The van der Waals surface area contributed by atoms with Crippen molar-refractivity contribution in [2.24, 2.45) is 0 Å². The van der Waals surface area contributed by atoms with Gasteiger partial charge in [0.1, 0.15) is 6.04 Å². The Balaban J connectivity index is 1.54. The molecule has 29 heavy (non-hydrogen) atoms. The summed E-state index contributed by atoms with van der Waals surface area (Å²) in [7, 11) is 0. The number of rotatable bonds is 6. The summed E-state index contributed by atoms with van der Waals surface area (Å²) in [5.41, 5.74) is 2.94. The van der Waals surface area contributed by atoms with E-state index in [1.54, 1.807) is 22.9 Å². The van der Waals surface area contributed by atoms with Crippen LogP contribution < -0.4 is 0 Å². The third-order valence-corrected chi connectivity index (χ3v) is 6.00. The van der Waals surface area contributed by atoms with Gasteiger partial charge in [-0.1, -0.05) is 39.0 Å². The molecule has 2 heterocycles. The van der Waals surface area contributed by atoms with Crippen molar-refractivity contribution in [2.45, 2.75) is 45.1 Å². The van der Waals surface area contributed by atoms with E-state index in [0.717, 1.165) is 18.4 Å². The molecule has 2 aromatic rings. The Morgan fingerprint density at radius 2 is 1.97 bits per heavy atom. The van der Waals surface area contributed by atoms with Gasteiger partial charge in [0, 0.05) is 23.7 Å². The van der Waals surface area contributed by atoms with Crippen LogP contribution in [0.1, 0.15) is 48.7 Å². The van der Waals surface area contributed by atoms with Crippen LogP contribution in [0.4, 0.5) is 0 Å². The molecule has 1 atom stereocenters. The standard InChI is InChI=1S/C23H28N2O3S/c1-23(2,3)19-10-8-18(9-11-19)21(26)25-16-29-15-20(25)22(27)28-13-5-7-17-6-4-12-24-14-17/h4,6,8-12,14,20H,5,7,13,15-16H2,1-3H3. The molecule has 0 saturated carbocycles. The van der Waals surface area contributed by atoms with Crippen molar-refractivity contribution in [3.05, 3.63) is 65.5 Å². The fourth-order valence-corrected chi connectivity index (χ4v) is 4.35. The number of amides is 1. The van der Waals surface area contributed by atoms with Crippen LogP contribution >= 0.6 is 11.8 Å². The smallest absolute Gasteiger partial charge is 0.329 e. The van der Waals surface area contributed by atoms with Crippen molar-refractivity contribution in [3.8, 4) is 0 Å². The van der Waals surface area contributed by atoms with Gasteiger partial charge in [-0.05, 0) is 47.6 Å². The van der Waals surface area contributed by atoms with E-state index in [4.69, 9.17) is 4.74 Å². The number of pyridine rings is 1. The Morgan fingerprint density at radius 1 is 1.21 bits per heavy atom. The van der Waals surface area contributed by atoms with Crippen LogP contribution in [0.3, 0.4) is 0 Å². The highest BCUT2D eigenvalue weighted by Gasteiger charge is 2.36. The van der Waals surface area contributed by atoms with Gasteiger partial charge in [-0.25, -0.2) is 4.79 Å². The van der Waals surface area contributed by atoms with Crippen LogP contribution in [0.5, 0.6) is 0 Å². The van der Waals surface area contributed by atoms with Gasteiger partial charge in [-0.2, -0.15) is 0 Å². The Labute approximate surface area is 176 Å². The maximum absolute atomic E-state index is 12.9. The van der Waals surface area contributed by atoms with Gasteiger partial charge in [0.25, 0.3) is 5.91 Å². The van der Waals surface area contributed by atoms with Gasteiger partial charge in [-0.15, -0.1) is 11.8 Å². The fraction of sp³-hybridized carbons (Fsp3) is 0.435. The number of carbonyl (C=O) groups is 2. The van der Waals surface area contributed by atoms with E-state index in [1.165, 1.54) is 5.56 Å². The van der Waals surface area contributed by atoms with Crippen LogP contribution in [-0.2, 0) is 21.4 Å². The first-order valence-corrected chi connectivity index (χ1v) is 11.1. The van der Waals surface area contributed by atoms with Crippen molar-refractivity contribution in [1.29, 1.82) is 0 Å². The topological polar surface area (TPSA) is 59.5 Å². The summed E-state index contributed by atoms with van der Waals surface area (Å²) in [6.07, 6.45) is 5.10. The lowest BCUT2D eigenvalue weighted by Crippen LogP contribution is -2.42. The van der Waals surface area contributed by atoms with Crippen molar-refractivity contribution in [1.82, 2.24) is 9.88 Å². The molecule has 0 spiro atoms. The number of thioether (sulfide) groups is 1. The SMILES string of the molecule is CC(C)(C)c1ccc(C(=O)N2CSCC2C(=O)OCCCc2cccnc2)cc1. The van der Waals surface area contributed by atoms with Crippen LogP contribution in [0, 0.1) is 0 Å². The van der Waals surface area contributed by atoms with E-state index in [9.17, 15) is 9.59 Å². The zero-order valence-corrected chi connectivity index (χ0v) is 18.1. The molecular weight excluding hydrogens is 384 g/mol. The van der Waals surface area contributed by atoms with Crippen molar-refractivity contribution < 1.29 is 14.3 Å². The largest absolute Gasteiger partial charge is 0.464 e. The Bertz CT molecular complexity index is 831. The Hall–Kier alpha value is -2.34. The first-order valence-electron chi connectivity index (χ1n) is 9.91. The van der Waals surface area contributed by atoms with Gasteiger partial charge in [0.15, 0.2) is 0 Å². The van der Waals surface area contributed by atoms with Crippen molar-refractivity contribution in [2.75, 3.05) is 18.2 Å². The number of aromatic nitrogens is 1. The van der Waals surface area contributed by atoms with Crippen LogP contribution in [-0.4, -0.2) is 46.0 Å². The third-order valence-electron chi connectivity index (χ3n) is 4.99. The molecular formula is C23H28N2O3S. The van der Waals surface area contributed by atoms with Crippen LogP contribution in [0.25, 0.3) is 0 Å². The monoisotopic (exact) mass is 412 g/mol. The molecule has 0 radical (unpaired) electrons. The van der Waals surface area contributed by atoms with E-state index in [2.05, 4.69) is 25.8 Å². The number of benzene rings is 1. The summed E-state index contributed by atoms with van der Waals surface area (Å²) in [5.74, 6) is 0.649. The molecule has 0 N–H and O–H groups in total. The average Bonchev–Trinajstić information content (AvgIpc) is 3.21. The van der Waals surface area contributed by atoms with Gasteiger partial charge in [-0.3, -0.25) is 9.78 Å². The van der Waals surface area contributed by atoms with E-state index in [-0.39, 0.29) is 17.3 Å². The molecule has 1 aromatic carbocycles. The molecule has 0 bridgehead atoms. The number of hydrogen-bond donors (Lipinski definition) is 0. The number of hydrogen-bond acceptors (Lipinski definition) is 5. The van der Waals surface area contributed by atoms with Crippen molar-refractivity contribution in [3.63, 3.8) is 0 Å². The highest BCUT2D eigenvalue weighted by Crippen LogP contribution is 2.26. The van der Waals surface area contributed by atoms with Gasteiger partial charge < -0.3 is 9.64 Å². The molecule has 5 nitrogen and oxygen atoms in total. The summed E-state index contributed by atoms with van der Waals surface area (Å²) < 4.78 is 5.46. The lowest BCUT2D eigenvalue weighted by atomic mass is 9.86. The van der Waals surface area contributed by atoms with Gasteiger partial charge >= 0.3 is 5.97 Å². The lowest BCUT2D eigenvalue weighted by molar-refractivity contribution is -0.147. The summed E-state index contributed by atoms with van der Waals surface area (Å²) in [4.78, 5) is 31.2. The normalized spacial score (nSPS) is 16.7. The molecule has 3 rings (SSSR count). The fourth-order valence-electron chi connectivity index (χ4n) is 3.21. The first kappa shape index (κ1) is 21.4. The van der Waals surface area contributed by atoms with Crippen molar-refractivity contribution >= 4 is 23.6 Å². The molecule has 1 saturated heterocycles. The Kier molecular flexibility index (Phi) is 6.96. The molecule has 1 aliphatic heterocycles. The maximum Gasteiger partial charge on any atom is 0.329 e. The zero-order valence-electron chi connectivity index (χ0n) is 17.3. The van der Waals surface area contributed by atoms with Crippen LogP contribution in [0.2, 0.25) is 0 Å². The Morgan fingerprint density at radius 3 is 2.62 bits per heavy atom. The second kappa shape index (κ2) is 9.44. The van der Waals surface area contributed by atoms with E-state index in [0.29, 0.717) is 23.8 Å². The molecule has 6 heteroatoms.